The van der Waals surface area contributed by atoms with E-state index in [1.807, 2.05) is 37.3 Å². The zero-order valence-electron chi connectivity index (χ0n) is 15.8. The number of ether oxygens (including phenoxy) is 1. The smallest absolute Gasteiger partial charge is 0.306 e. The van der Waals surface area contributed by atoms with Crippen LogP contribution in [0.2, 0.25) is 0 Å². The minimum atomic E-state index is -0.640. The van der Waals surface area contributed by atoms with Crippen LogP contribution in [0.4, 0.5) is 0 Å². The molecule has 0 aliphatic rings. The number of benzene rings is 2. The summed E-state index contributed by atoms with van der Waals surface area (Å²) in [6.45, 7) is 1.45. The maximum Gasteiger partial charge on any atom is 0.306 e. The Kier molecular flexibility index (Phi) is 6.05. The fourth-order valence-electron chi connectivity index (χ4n) is 2.72. The average Bonchev–Trinajstić information content (AvgIpc) is 3.15. The maximum atomic E-state index is 12.1. The molecule has 0 spiro atoms. The zero-order valence-corrected chi connectivity index (χ0v) is 15.8. The zero-order chi connectivity index (χ0) is 20.8. The lowest BCUT2D eigenvalue weighted by molar-refractivity contribution is -0.143. The Bertz CT molecular complexity index is 1090. The standard InChI is InChI=1S/C22H19N3O4/c1-14-6-8-15(9-7-14)19(26)10-11-21(28)29-13-20(27)16(12-23)22-24-17-4-2-3-5-18(17)25-22/h2-9,27H,10-11,13H2,1H3,(H,24,25). The molecule has 0 atom stereocenters. The second-order valence-corrected chi connectivity index (χ2v) is 6.49. The highest BCUT2D eigenvalue weighted by molar-refractivity contribution is 5.97. The van der Waals surface area contributed by atoms with Crippen molar-refractivity contribution in [2.45, 2.75) is 19.8 Å². The van der Waals surface area contributed by atoms with Gasteiger partial charge in [-0.3, -0.25) is 9.59 Å². The number of imidazole rings is 1. The Morgan fingerprint density at radius 1 is 1.14 bits per heavy atom. The molecule has 7 heteroatoms. The van der Waals surface area contributed by atoms with Gasteiger partial charge in [0.05, 0.1) is 17.5 Å². The summed E-state index contributed by atoms with van der Waals surface area (Å²) in [5, 5.41) is 19.5. The molecule has 0 aliphatic heterocycles. The first-order chi connectivity index (χ1) is 14.0. The van der Waals surface area contributed by atoms with Crippen molar-refractivity contribution in [1.29, 1.82) is 5.26 Å². The molecule has 0 aliphatic carbocycles. The molecule has 0 saturated heterocycles. The topological polar surface area (TPSA) is 116 Å². The van der Waals surface area contributed by atoms with Crippen molar-refractivity contribution in [3.8, 4) is 6.07 Å². The van der Waals surface area contributed by atoms with Gasteiger partial charge in [-0.05, 0) is 19.1 Å². The van der Waals surface area contributed by atoms with E-state index in [9.17, 15) is 20.0 Å². The lowest BCUT2D eigenvalue weighted by atomic mass is 10.1. The number of H-pyrrole nitrogens is 1. The van der Waals surface area contributed by atoms with Gasteiger partial charge in [-0.2, -0.15) is 5.26 Å². The number of nitrogens with zero attached hydrogens (tertiary/aromatic N) is 2. The first-order valence-electron chi connectivity index (χ1n) is 9.00. The number of aryl methyl sites for hydroxylation is 1. The Hall–Kier alpha value is -3.92. The molecular formula is C22H19N3O4. The number of para-hydroxylation sites is 2. The van der Waals surface area contributed by atoms with E-state index in [4.69, 9.17) is 4.74 Å². The normalized spacial score (nSPS) is 11.6. The van der Waals surface area contributed by atoms with E-state index < -0.39 is 18.3 Å². The molecule has 3 aromatic rings. The number of hydrogen-bond acceptors (Lipinski definition) is 6. The van der Waals surface area contributed by atoms with Gasteiger partial charge in [-0.1, -0.05) is 42.0 Å². The van der Waals surface area contributed by atoms with Gasteiger partial charge in [0.2, 0.25) is 0 Å². The predicted molar refractivity (Wildman–Crippen MR) is 107 cm³/mol. The van der Waals surface area contributed by atoms with Crippen LogP contribution in [0.5, 0.6) is 0 Å². The van der Waals surface area contributed by atoms with Crippen LogP contribution in [0.1, 0.15) is 34.6 Å². The summed E-state index contributed by atoms with van der Waals surface area (Å²) in [5.74, 6) is -1.03. The number of esters is 1. The van der Waals surface area contributed by atoms with Crippen molar-refractivity contribution >= 4 is 28.4 Å². The molecule has 0 radical (unpaired) electrons. The van der Waals surface area contributed by atoms with Gasteiger partial charge >= 0.3 is 5.97 Å². The molecule has 2 N–H and O–H groups in total. The van der Waals surface area contributed by atoms with Gasteiger partial charge in [0, 0.05) is 12.0 Å². The first kappa shape index (κ1) is 19.8. The third-order valence-electron chi connectivity index (χ3n) is 4.33. The van der Waals surface area contributed by atoms with E-state index in [0.29, 0.717) is 11.1 Å². The number of nitriles is 1. The second-order valence-electron chi connectivity index (χ2n) is 6.49. The number of aliphatic hydroxyl groups is 1. The third-order valence-corrected chi connectivity index (χ3v) is 4.33. The SMILES string of the molecule is Cc1ccc(C(=O)CCC(=O)OCC(O)=C(C#N)c2nc3ccccc3[nH]2)cc1. The van der Waals surface area contributed by atoms with Crippen LogP contribution in [0, 0.1) is 18.3 Å². The lowest BCUT2D eigenvalue weighted by Gasteiger charge is -2.06. The van der Waals surface area contributed by atoms with E-state index >= 15 is 0 Å². The Labute approximate surface area is 167 Å². The summed E-state index contributed by atoms with van der Waals surface area (Å²) in [6, 6.07) is 16.1. The van der Waals surface area contributed by atoms with E-state index in [0.717, 1.165) is 11.1 Å². The van der Waals surface area contributed by atoms with E-state index in [-0.39, 0.29) is 30.0 Å². The molecule has 1 heterocycles. The van der Waals surface area contributed by atoms with Gasteiger partial charge in [-0.15, -0.1) is 0 Å². The number of allylic oxidation sites excluding steroid dienone is 1. The summed E-state index contributed by atoms with van der Waals surface area (Å²) in [7, 11) is 0. The van der Waals surface area contributed by atoms with Crippen molar-refractivity contribution in [3.05, 3.63) is 71.2 Å². The highest BCUT2D eigenvalue weighted by Gasteiger charge is 2.16. The minimum Gasteiger partial charge on any atom is -0.507 e. The Morgan fingerprint density at radius 3 is 2.55 bits per heavy atom. The molecule has 29 heavy (non-hydrogen) atoms. The van der Waals surface area contributed by atoms with E-state index in [1.54, 1.807) is 24.3 Å². The van der Waals surface area contributed by atoms with Crippen LogP contribution in [0.3, 0.4) is 0 Å². The van der Waals surface area contributed by atoms with Crippen molar-refractivity contribution in [2.24, 2.45) is 0 Å². The lowest BCUT2D eigenvalue weighted by Crippen LogP contribution is -2.11. The number of Topliss-reactive ketones (excluding diaryl/α,β-unsaturated/α-hetero) is 1. The highest BCUT2D eigenvalue weighted by atomic mass is 16.5. The number of fused-ring (bicyclic) bond motifs is 1. The molecule has 1 aromatic heterocycles. The largest absolute Gasteiger partial charge is 0.507 e. The molecule has 0 bridgehead atoms. The number of hydrogen-bond donors (Lipinski definition) is 2. The molecular weight excluding hydrogens is 370 g/mol. The van der Waals surface area contributed by atoms with Gasteiger partial charge in [0.1, 0.15) is 18.2 Å². The first-order valence-corrected chi connectivity index (χ1v) is 9.00. The molecule has 0 unspecified atom stereocenters. The summed E-state index contributed by atoms with van der Waals surface area (Å²) in [4.78, 5) is 31.2. The highest BCUT2D eigenvalue weighted by Crippen LogP contribution is 2.19. The molecule has 7 nitrogen and oxygen atoms in total. The molecule has 0 saturated carbocycles. The monoisotopic (exact) mass is 389 g/mol. The number of rotatable bonds is 7. The van der Waals surface area contributed by atoms with E-state index in [2.05, 4.69) is 9.97 Å². The molecule has 0 amide bonds. The number of carbonyl (C=O) groups is 2. The fraction of sp³-hybridized carbons (Fsp3) is 0.182. The average molecular weight is 389 g/mol. The Morgan fingerprint density at radius 2 is 1.86 bits per heavy atom. The van der Waals surface area contributed by atoms with Crippen molar-refractivity contribution < 1.29 is 19.4 Å². The molecule has 2 aromatic carbocycles. The molecule has 146 valence electrons. The number of nitrogens with one attached hydrogen (secondary N) is 1. The predicted octanol–water partition coefficient (Wildman–Crippen LogP) is 3.87. The Balaban J connectivity index is 1.58. The number of aliphatic hydroxyl groups excluding tert-OH is 1. The van der Waals surface area contributed by atoms with Gasteiger partial charge in [0.15, 0.2) is 17.4 Å². The second kappa shape index (κ2) is 8.85. The molecule has 0 fully saturated rings. The van der Waals surface area contributed by atoms with Gasteiger partial charge in [-0.25, -0.2) is 4.98 Å². The van der Waals surface area contributed by atoms with Crippen molar-refractivity contribution in [1.82, 2.24) is 9.97 Å². The van der Waals surface area contributed by atoms with Crippen LogP contribution >= 0.6 is 0 Å². The van der Waals surface area contributed by atoms with Crippen LogP contribution < -0.4 is 0 Å². The number of aromatic amines is 1. The number of carbonyl (C=O) groups excluding carboxylic acids is 2. The summed E-state index contributed by atoms with van der Waals surface area (Å²) >= 11 is 0. The third kappa shape index (κ3) is 4.87. The van der Waals surface area contributed by atoms with Crippen LogP contribution in [-0.2, 0) is 9.53 Å². The van der Waals surface area contributed by atoms with Crippen LogP contribution in [-0.4, -0.2) is 33.4 Å². The summed E-state index contributed by atoms with van der Waals surface area (Å²) in [6.07, 6.45) is -0.117. The van der Waals surface area contributed by atoms with Crippen molar-refractivity contribution in [3.63, 3.8) is 0 Å². The van der Waals surface area contributed by atoms with Crippen LogP contribution in [0.15, 0.2) is 54.3 Å². The summed E-state index contributed by atoms with van der Waals surface area (Å²) in [5.41, 5.74) is 2.83. The minimum absolute atomic E-state index is 0.00104. The number of ketones is 1. The summed E-state index contributed by atoms with van der Waals surface area (Å²) < 4.78 is 5.00. The van der Waals surface area contributed by atoms with Crippen LogP contribution in [0.25, 0.3) is 16.6 Å². The number of aromatic nitrogens is 2. The quantitative estimate of drug-likeness (QED) is 0.274. The molecule has 3 rings (SSSR count). The van der Waals surface area contributed by atoms with Crippen molar-refractivity contribution in [2.75, 3.05) is 6.61 Å². The van der Waals surface area contributed by atoms with Gasteiger partial charge in [0.25, 0.3) is 0 Å². The van der Waals surface area contributed by atoms with E-state index in [1.165, 1.54) is 0 Å². The van der Waals surface area contributed by atoms with Gasteiger partial charge < -0.3 is 14.8 Å². The fourth-order valence-corrected chi connectivity index (χ4v) is 2.72. The maximum absolute atomic E-state index is 12.1.